The molecule has 0 saturated heterocycles. The summed E-state index contributed by atoms with van der Waals surface area (Å²) in [6.45, 7) is 0. The SMILES string of the molecule is [SiH3]CCC(Cl)Cl. The highest BCUT2D eigenvalue weighted by molar-refractivity contribution is 6.44. The molecule has 0 aliphatic carbocycles. The molecule has 6 heavy (non-hydrogen) atoms. The van der Waals surface area contributed by atoms with Crippen molar-refractivity contribution in [3.63, 3.8) is 0 Å². The van der Waals surface area contributed by atoms with Crippen LogP contribution in [0, 0.1) is 0 Å². The summed E-state index contributed by atoms with van der Waals surface area (Å²) < 4.78 is 0. The Labute approximate surface area is 51.2 Å². The number of halogens is 2. The highest BCUT2D eigenvalue weighted by Crippen LogP contribution is 2.07. The highest BCUT2D eigenvalue weighted by atomic mass is 35.5. The molecule has 0 aromatic carbocycles. The van der Waals surface area contributed by atoms with Crippen molar-refractivity contribution in [1.29, 1.82) is 0 Å². The van der Waals surface area contributed by atoms with Crippen LogP contribution in [0.25, 0.3) is 0 Å². The summed E-state index contributed by atoms with van der Waals surface area (Å²) in [5, 5.41) is 0. The first kappa shape index (κ1) is 6.80. The normalized spacial score (nSPS) is 10.5. The van der Waals surface area contributed by atoms with Gasteiger partial charge < -0.3 is 0 Å². The number of rotatable bonds is 2. The van der Waals surface area contributed by atoms with Crippen molar-refractivity contribution >= 4 is 33.4 Å². The van der Waals surface area contributed by atoms with E-state index < -0.39 is 0 Å². The van der Waals surface area contributed by atoms with Crippen LogP contribution in [0.4, 0.5) is 0 Å². The molecule has 0 fully saturated rings. The van der Waals surface area contributed by atoms with Gasteiger partial charge in [-0.15, -0.1) is 23.2 Å². The fraction of sp³-hybridized carbons (Fsp3) is 1.00. The van der Waals surface area contributed by atoms with Crippen LogP contribution in [0.2, 0.25) is 6.04 Å². The molecule has 0 amide bonds. The van der Waals surface area contributed by atoms with E-state index in [4.69, 9.17) is 23.2 Å². The van der Waals surface area contributed by atoms with Crippen LogP contribution in [0.15, 0.2) is 0 Å². The maximum absolute atomic E-state index is 5.37. The molecule has 0 heterocycles. The molecule has 0 N–H and O–H groups in total. The van der Waals surface area contributed by atoms with Gasteiger partial charge in [0.05, 0.1) is 0 Å². The van der Waals surface area contributed by atoms with E-state index in [9.17, 15) is 0 Å². The van der Waals surface area contributed by atoms with Crippen LogP contribution in [-0.4, -0.2) is 15.1 Å². The Hall–Kier alpha value is 0.797. The second-order valence-electron chi connectivity index (χ2n) is 1.18. The van der Waals surface area contributed by atoms with Crippen molar-refractivity contribution < 1.29 is 0 Å². The Morgan fingerprint density at radius 3 is 2.00 bits per heavy atom. The van der Waals surface area contributed by atoms with E-state index in [1.54, 1.807) is 0 Å². The second-order valence-corrected chi connectivity index (χ2v) is 3.46. The van der Waals surface area contributed by atoms with E-state index in [-0.39, 0.29) is 4.84 Å². The van der Waals surface area contributed by atoms with E-state index in [2.05, 4.69) is 0 Å². The molecular weight excluding hydrogens is 135 g/mol. The van der Waals surface area contributed by atoms with Crippen LogP contribution in [0.1, 0.15) is 6.42 Å². The van der Waals surface area contributed by atoms with Gasteiger partial charge in [0.2, 0.25) is 0 Å². The molecule has 0 aromatic rings. The summed E-state index contributed by atoms with van der Waals surface area (Å²) in [4.78, 5) is -0.123. The molecule has 38 valence electrons. The Bertz CT molecular complexity index is 30.0. The van der Waals surface area contributed by atoms with Gasteiger partial charge >= 0.3 is 0 Å². The lowest BCUT2D eigenvalue weighted by Crippen LogP contribution is -1.82. The van der Waals surface area contributed by atoms with E-state index in [1.165, 1.54) is 16.3 Å². The molecular formula is C3H8Cl2Si. The number of hydrogen-bond acceptors (Lipinski definition) is 0. The van der Waals surface area contributed by atoms with Crippen LogP contribution in [-0.2, 0) is 0 Å². The fourth-order valence-corrected chi connectivity index (χ4v) is 1.96. The summed E-state index contributed by atoms with van der Waals surface area (Å²) in [7, 11) is 1.22. The van der Waals surface area contributed by atoms with Crippen LogP contribution >= 0.6 is 23.2 Å². The van der Waals surface area contributed by atoms with Gasteiger partial charge in [0.1, 0.15) is 4.84 Å². The predicted molar refractivity (Wildman–Crippen MR) is 34.9 cm³/mol. The molecule has 0 atom stereocenters. The maximum Gasteiger partial charge on any atom is 0.107 e. The van der Waals surface area contributed by atoms with E-state index in [0.717, 1.165) is 6.42 Å². The summed E-state index contributed by atoms with van der Waals surface area (Å²) in [6.07, 6.45) is 0.968. The summed E-state index contributed by atoms with van der Waals surface area (Å²) in [6, 6.07) is 1.21. The fourth-order valence-electron chi connectivity index (χ4n) is 0.218. The molecule has 0 spiro atoms. The first-order valence-corrected chi connectivity index (χ1v) is 4.34. The van der Waals surface area contributed by atoms with Crippen molar-refractivity contribution in [3.8, 4) is 0 Å². The zero-order valence-corrected chi connectivity index (χ0v) is 7.26. The smallest absolute Gasteiger partial charge is 0.105 e. The lowest BCUT2D eigenvalue weighted by atomic mass is 10.6. The summed E-state index contributed by atoms with van der Waals surface area (Å²) >= 11 is 10.7. The van der Waals surface area contributed by atoms with Crippen molar-refractivity contribution in [2.24, 2.45) is 0 Å². The molecule has 3 heteroatoms. The molecule has 0 radical (unpaired) electrons. The second kappa shape index (κ2) is 3.97. The van der Waals surface area contributed by atoms with Gasteiger partial charge in [-0.2, -0.15) is 0 Å². The van der Waals surface area contributed by atoms with Gasteiger partial charge in [0.15, 0.2) is 0 Å². The minimum absolute atomic E-state index is 0.123. The lowest BCUT2D eigenvalue weighted by molar-refractivity contribution is 1.03. The van der Waals surface area contributed by atoms with Crippen LogP contribution < -0.4 is 0 Å². The zero-order valence-electron chi connectivity index (χ0n) is 3.75. The van der Waals surface area contributed by atoms with Gasteiger partial charge in [0.25, 0.3) is 0 Å². The third-order valence-corrected chi connectivity index (χ3v) is 1.52. The summed E-state index contributed by atoms with van der Waals surface area (Å²) in [5.41, 5.74) is 0. The van der Waals surface area contributed by atoms with Gasteiger partial charge in [-0.05, 0) is 6.42 Å². The maximum atomic E-state index is 5.37. The Morgan fingerprint density at radius 2 is 2.00 bits per heavy atom. The molecule has 0 aromatic heterocycles. The Morgan fingerprint density at radius 1 is 1.50 bits per heavy atom. The minimum Gasteiger partial charge on any atom is -0.105 e. The topological polar surface area (TPSA) is 0 Å². The first-order chi connectivity index (χ1) is 2.77. The Balaban J connectivity index is 2.63. The Kier molecular flexibility index (Phi) is 4.50. The average molecular weight is 143 g/mol. The molecule has 0 saturated carbocycles. The monoisotopic (exact) mass is 142 g/mol. The van der Waals surface area contributed by atoms with Crippen molar-refractivity contribution in [3.05, 3.63) is 0 Å². The molecule has 0 nitrogen and oxygen atoms in total. The average Bonchev–Trinajstić information content (AvgIpc) is 1.35. The van der Waals surface area contributed by atoms with Crippen LogP contribution in [0.3, 0.4) is 0 Å². The molecule has 0 rings (SSSR count). The van der Waals surface area contributed by atoms with E-state index in [0.29, 0.717) is 0 Å². The minimum atomic E-state index is -0.123. The highest BCUT2D eigenvalue weighted by Gasteiger charge is 1.91. The quantitative estimate of drug-likeness (QED) is 0.399. The molecule has 0 aliphatic rings. The van der Waals surface area contributed by atoms with Gasteiger partial charge in [-0.3, -0.25) is 0 Å². The lowest BCUT2D eigenvalue weighted by Gasteiger charge is -1.90. The predicted octanol–water partition coefficient (Wildman–Crippen LogP) is 0.964. The molecule has 0 bridgehead atoms. The van der Waals surface area contributed by atoms with Crippen molar-refractivity contribution in [2.75, 3.05) is 0 Å². The molecule has 0 aliphatic heterocycles. The van der Waals surface area contributed by atoms with Crippen LogP contribution in [0.5, 0.6) is 0 Å². The largest absolute Gasteiger partial charge is 0.107 e. The van der Waals surface area contributed by atoms with Gasteiger partial charge in [-0.25, -0.2) is 0 Å². The third-order valence-electron chi connectivity index (χ3n) is 0.507. The molecule has 0 unspecified atom stereocenters. The number of alkyl halides is 2. The van der Waals surface area contributed by atoms with E-state index >= 15 is 0 Å². The first-order valence-electron chi connectivity index (χ1n) is 2.05. The van der Waals surface area contributed by atoms with Crippen molar-refractivity contribution in [2.45, 2.75) is 17.3 Å². The van der Waals surface area contributed by atoms with Crippen molar-refractivity contribution in [1.82, 2.24) is 0 Å². The zero-order chi connectivity index (χ0) is 4.99. The van der Waals surface area contributed by atoms with E-state index in [1.807, 2.05) is 0 Å². The number of hydrogen-bond donors (Lipinski definition) is 0. The summed E-state index contributed by atoms with van der Waals surface area (Å²) in [5.74, 6) is 0. The standard InChI is InChI=1S/C3H8Cl2Si/c4-3(5)1-2-6/h3H,1-2H2,6H3. The van der Waals surface area contributed by atoms with Gasteiger partial charge in [0, 0.05) is 10.2 Å². The third kappa shape index (κ3) is 4.80. The van der Waals surface area contributed by atoms with Gasteiger partial charge in [-0.1, -0.05) is 6.04 Å².